The first-order chi connectivity index (χ1) is 10.3. The van der Waals surface area contributed by atoms with Crippen molar-refractivity contribution < 1.29 is 0 Å². The number of nitrogens with one attached hydrogen (secondary N) is 1. The highest BCUT2D eigenvalue weighted by Crippen LogP contribution is 2.39. The summed E-state index contributed by atoms with van der Waals surface area (Å²) in [5, 5.41) is 0. The first-order valence-electron chi connectivity index (χ1n) is 7.71. The highest BCUT2D eigenvalue weighted by molar-refractivity contribution is 5.62. The maximum Gasteiger partial charge on any atom is 0.144 e. The van der Waals surface area contributed by atoms with Crippen LogP contribution in [0.25, 0.3) is 11.3 Å². The molecule has 21 heavy (non-hydrogen) atoms. The van der Waals surface area contributed by atoms with E-state index in [2.05, 4.69) is 29.5 Å². The van der Waals surface area contributed by atoms with E-state index >= 15 is 0 Å². The number of hydrogen-bond donors (Lipinski definition) is 2. The van der Waals surface area contributed by atoms with Gasteiger partial charge in [-0.05, 0) is 25.2 Å². The smallest absolute Gasteiger partial charge is 0.144 e. The molecule has 4 nitrogen and oxygen atoms in total. The molecule has 1 aromatic carbocycles. The van der Waals surface area contributed by atoms with E-state index in [0.717, 1.165) is 23.0 Å². The summed E-state index contributed by atoms with van der Waals surface area (Å²) in [5.74, 6) is 8.48. The van der Waals surface area contributed by atoms with E-state index in [0.29, 0.717) is 11.7 Å². The van der Waals surface area contributed by atoms with E-state index in [1.165, 1.54) is 25.7 Å². The van der Waals surface area contributed by atoms with Crippen LogP contribution in [-0.4, -0.2) is 9.97 Å². The largest absolute Gasteiger partial charge is 0.308 e. The van der Waals surface area contributed by atoms with Gasteiger partial charge >= 0.3 is 0 Å². The van der Waals surface area contributed by atoms with Gasteiger partial charge in [-0.15, -0.1) is 0 Å². The van der Waals surface area contributed by atoms with Gasteiger partial charge in [-0.3, -0.25) is 0 Å². The molecule has 0 aliphatic heterocycles. The fraction of sp³-hybridized carbons (Fsp3) is 0.412. The van der Waals surface area contributed by atoms with Crippen molar-refractivity contribution in [2.24, 2.45) is 11.8 Å². The molecule has 0 saturated heterocycles. The van der Waals surface area contributed by atoms with E-state index in [9.17, 15) is 0 Å². The Morgan fingerprint density at radius 1 is 1.19 bits per heavy atom. The molecule has 4 heteroatoms. The maximum atomic E-state index is 5.58. The lowest BCUT2D eigenvalue weighted by atomic mass is 10.0. The second-order valence-electron chi connectivity index (χ2n) is 5.79. The summed E-state index contributed by atoms with van der Waals surface area (Å²) in [4.78, 5) is 9.38. The van der Waals surface area contributed by atoms with Crippen LogP contribution in [-0.2, 0) is 0 Å². The van der Waals surface area contributed by atoms with E-state index < -0.39 is 0 Å². The van der Waals surface area contributed by atoms with Crippen LogP contribution >= 0.6 is 0 Å². The number of benzene rings is 1. The Kier molecular flexibility index (Phi) is 4.15. The van der Waals surface area contributed by atoms with Crippen LogP contribution in [0.3, 0.4) is 0 Å². The summed E-state index contributed by atoms with van der Waals surface area (Å²) < 4.78 is 0. The minimum atomic E-state index is 0.464. The van der Waals surface area contributed by atoms with Crippen molar-refractivity contribution >= 4 is 5.82 Å². The molecular weight excluding hydrogens is 260 g/mol. The van der Waals surface area contributed by atoms with Crippen LogP contribution in [0.2, 0.25) is 0 Å². The molecule has 2 aromatic rings. The molecule has 1 aliphatic rings. The van der Waals surface area contributed by atoms with Crippen LogP contribution in [0.1, 0.15) is 44.3 Å². The Hall–Kier alpha value is -1.94. The van der Waals surface area contributed by atoms with Gasteiger partial charge in [0.2, 0.25) is 0 Å². The molecule has 1 saturated carbocycles. The Morgan fingerprint density at radius 2 is 2.00 bits per heavy atom. The third-order valence-corrected chi connectivity index (χ3v) is 4.44. The molecule has 0 radical (unpaired) electrons. The molecule has 3 N–H and O–H groups in total. The molecule has 1 aliphatic carbocycles. The molecule has 1 heterocycles. The number of nitrogens with zero attached hydrogens (tertiary/aromatic N) is 2. The second kappa shape index (κ2) is 6.22. The fourth-order valence-electron chi connectivity index (χ4n) is 3.16. The van der Waals surface area contributed by atoms with Crippen LogP contribution in [0.15, 0.2) is 36.4 Å². The average molecular weight is 282 g/mol. The lowest BCUT2D eigenvalue weighted by molar-refractivity contribution is 0.517. The number of rotatable bonds is 4. The van der Waals surface area contributed by atoms with Gasteiger partial charge in [0.1, 0.15) is 11.6 Å². The minimum absolute atomic E-state index is 0.464. The second-order valence-corrected chi connectivity index (χ2v) is 5.79. The number of nitrogen functional groups attached to an aromatic ring is 1. The van der Waals surface area contributed by atoms with Crippen LogP contribution < -0.4 is 11.3 Å². The van der Waals surface area contributed by atoms with Crippen LogP contribution in [0, 0.1) is 5.92 Å². The predicted octanol–water partition coefficient (Wildman–Crippen LogP) is 3.72. The summed E-state index contributed by atoms with van der Waals surface area (Å²) in [6, 6.07) is 12.1. The normalized spacial score (nSPS) is 21.4. The van der Waals surface area contributed by atoms with Crippen molar-refractivity contribution in [2.45, 2.75) is 38.5 Å². The molecule has 3 rings (SSSR count). The molecule has 110 valence electrons. The fourth-order valence-corrected chi connectivity index (χ4v) is 3.16. The molecular formula is C17H22N4. The summed E-state index contributed by atoms with van der Waals surface area (Å²) in [7, 11) is 0. The van der Waals surface area contributed by atoms with Gasteiger partial charge in [-0.2, -0.15) is 0 Å². The van der Waals surface area contributed by atoms with Crippen molar-refractivity contribution in [1.29, 1.82) is 0 Å². The lowest BCUT2D eigenvalue weighted by Crippen LogP contribution is -2.12. The Balaban J connectivity index is 1.94. The molecule has 0 spiro atoms. The molecule has 0 amide bonds. The maximum absolute atomic E-state index is 5.58. The third kappa shape index (κ3) is 3.05. The number of anilines is 1. The van der Waals surface area contributed by atoms with Crippen LogP contribution in [0.4, 0.5) is 5.82 Å². The lowest BCUT2D eigenvalue weighted by Gasteiger charge is -2.12. The summed E-state index contributed by atoms with van der Waals surface area (Å²) >= 11 is 0. The van der Waals surface area contributed by atoms with Gasteiger partial charge in [0.15, 0.2) is 0 Å². The van der Waals surface area contributed by atoms with E-state index in [4.69, 9.17) is 10.8 Å². The van der Waals surface area contributed by atoms with Crippen molar-refractivity contribution in [3.05, 3.63) is 42.2 Å². The van der Waals surface area contributed by atoms with E-state index in [1.54, 1.807) is 0 Å². The zero-order valence-electron chi connectivity index (χ0n) is 12.4. The zero-order chi connectivity index (χ0) is 14.7. The van der Waals surface area contributed by atoms with Gasteiger partial charge in [0, 0.05) is 17.5 Å². The highest BCUT2D eigenvalue weighted by Gasteiger charge is 2.27. The Labute approximate surface area is 125 Å². The predicted molar refractivity (Wildman–Crippen MR) is 85.7 cm³/mol. The van der Waals surface area contributed by atoms with Crippen molar-refractivity contribution in [3.8, 4) is 11.3 Å². The number of hydrogen-bond acceptors (Lipinski definition) is 4. The number of nitrogens with two attached hydrogens (primary N) is 1. The van der Waals surface area contributed by atoms with Gasteiger partial charge in [0.25, 0.3) is 0 Å². The van der Waals surface area contributed by atoms with Gasteiger partial charge < -0.3 is 5.43 Å². The first kappa shape index (κ1) is 14.0. The van der Waals surface area contributed by atoms with Gasteiger partial charge in [0.05, 0.1) is 5.69 Å². The van der Waals surface area contributed by atoms with Crippen molar-refractivity contribution in [2.75, 3.05) is 5.43 Å². The topological polar surface area (TPSA) is 63.8 Å². The molecule has 2 atom stereocenters. The van der Waals surface area contributed by atoms with Crippen molar-refractivity contribution in [1.82, 2.24) is 9.97 Å². The minimum Gasteiger partial charge on any atom is -0.308 e. The number of aromatic nitrogens is 2. The molecule has 0 bridgehead atoms. The quantitative estimate of drug-likeness (QED) is 0.662. The number of hydrazine groups is 1. The van der Waals surface area contributed by atoms with E-state index in [-0.39, 0.29) is 0 Å². The highest BCUT2D eigenvalue weighted by atomic mass is 15.3. The third-order valence-electron chi connectivity index (χ3n) is 4.44. The first-order valence-corrected chi connectivity index (χ1v) is 7.71. The zero-order valence-corrected chi connectivity index (χ0v) is 12.4. The van der Waals surface area contributed by atoms with E-state index in [1.807, 2.05) is 24.3 Å². The standard InChI is InChI=1S/C17H22N4/c1-2-12-8-9-14(10-12)17-19-15(11-16(20-17)21-18)13-6-4-3-5-7-13/h3-7,11-12,14H,2,8-10,18H2,1H3,(H,19,20,21). The Morgan fingerprint density at radius 3 is 2.67 bits per heavy atom. The Bertz CT molecular complexity index is 597. The molecule has 2 unspecified atom stereocenters. The van der Waals surface area contributed by atoms with Gasteiger partial charge in [-0.25, -0.2) is 15.8 Å². The molecule has 1 fully saturated rings. The summed E-state index contributed by atoms with van der Waals surface area (Å²) in [5.41, 5.74) is 4.71. The van der Waals surface area contributed by atoms with Crippen LogP contribution in [0.5, 0.6) is 0 Å². The summed E-state index contributed by atoms with van der Waals surface area (Å²) in [6.45, 7) is 2.27. The average Bonchev–Trinajstić information content (AvgIpc) is 3.04. The van der Waals surface area contributed by atoms with Crippen molar-refractivity contribution in [3.63, 3.8) is 0 Å². The monoisotopic (exact) mass is 282 g/mol. The molecule has 1 aromatic heterocycles. The summed E-state index contributed by atoms with van der Waals surface area (Å²) in [6.07, 6.45) is 4.90. The SMILES string of the molecule is CCC1CCC(c2nc(NN)cc(-c3ccccc3)n2)C1. The van der Waals surface area contributed by atoms with Gasteiger partial charge in [-0.1, -0.05) is 43.7 Å².